The minimum absolute atomic E-state index is 0.248. The van der Waals surface area contributed by atoms with Gasteiger partial charge in [-0.2, -0.15) is 0 Å². The molecule has 0 bridgehead atoms. The van der Waals surface area contributed by atoms with Gasteiger partial charge in [-0.1, -0.05) is 6.07 Å². The predicted octanol–water partition coefficient (Wildman–Crippen LogP) is -0.913. The van der Waals surface area contributed by atoms with E-state index in [-0.39, 0.29) is 10.8 Å². The monoisotopic (exact) mass is 234 g/mol. The van der Waals surface area contributed by atoms with Gasteiger partial charge in [0.2, 0.25) is 0 Å². The summed E-state index contributed by atoms with van der Waals surface area (Å²) in [5.74, 6) is 1.51. The number of hydrogen-bond acceptors (Lipinski definition) is 5. The van der Waals surface area contributed by atoms with E-state index >= 15 is 0 Å². The molecule has 1 aliphatic rings. The van der Waals surface area contributed by atoms with Crippen molar-refractivity contribution in [1.82, 2.24) is 0 Å². The van der Waals surface area contributed by atoms with Crippen LogP contribution in [0, 0.1) is 0 Å². The minimum atomic E-state index is -0.936. The van der Waals surface area contributed by atoms with Crippen LogP contribution in [0.4, 0.5) is 0 Å². The third-order valence-corrected chi connectivity index (χ3v) is 2.50. The van der Waals surface area contributed by atoms with Gasteiger partial charge in [0, 0.05) is 7.11 Å². The summed E-state index contributed by atoms with van der Waals surface area (Å²) in [4.78, 5) is 22.5. The molecule has 1 heterocycles. The van der Waals surface area contributed by atoms with Crippen molar-refractivity contribution >= 4 is 17.7 Å². The largest absolute Gasteiger partial charge is 0.494 e. The van der Waals surface area contributed by atoms with Crippen LogP contribution in [0.2, 0.25) is 0 Å². The molecule has 0 aromatic heterocycles. The fourth-order valence-corrected chi connectivity index (χ4v) is 1.76. The van der Waals surface area contributed by atoms with Gasteiger partial charge in [0.1, 0.15) is 5.94 Å². The van der Waals surface area contributed by atoms with Crippen LogP contribution < -0.4 is 10.4 Å². The lowest BCUT2D eigenvalue weighted by Gasteiger charge is -2.22. The highest BCUT2D eigenvalue weighted by Crippen LogP contribution is 2.15. The molecule has 2 rings (SSSR count). The minimum Gasteiger partial charge on any atom is -0.494 e. The van der Waals surface area contributed by atoms with Crippen LogP contribution in [0.5, 0.6) is 0 Å². The van der Waals surface area contributed by atoms with E-state index in [1.807, 2.05) is 0 Å². The Hall–Kier alpha value is -2.10. The molecule has 1 atom stereocenters. The fourth-order valence-electron chi connectivity index (χ4n) is 1.76. The fraction of sp³-hybridized carbons (Fsp3) is 0.250. The maximum atomic E-state index is 11.7. The number of ether oxygens (including phenoxy) is 3. The topological polar surface area (TPSA) is 61.8 Å². The summed E-state index contributed by atoms with van der Waals surface area (Å²) in [5.41, 5.74) is 0.274. The van der Waals surface area contributed by atoms with Gasteiger partial charge in [-0.25, -0.2) is 9.59 Å². The first kappa shape index (κ1) is 11.4. The van der Waals surface area contributed by atoms with Gasteiger partial charge in [-0.15, -0.1) is 0 Å². The number of methoxy groups -OCH3 is 2. The number of fused-ring (bicyclic) bond motifs is 1. The summed E-state index contributed by atoms with van der Waals surface area (Å²) in [6.07, 6.45) is -0.936. The van der Waals surface area contributed by atoms with Crippen molar-refractivity contribution in [3.63, 3.8) is 0 Å². The third-order valence-electron chi connectivity index (χ3n) is 2.50. The average molecular weight is 234 g/mol. The Morgan fingerprint density at radius 3 is 2.71 bits per heavy atom. The zero-order chi connectivity index (χ0) is 12.4. The van der Waals surface area contributed by atoms with E-state index in [0.29, 0.717) is 11.0 Å². The van der Waals surface area contributed by atoms with Crippen molar-refractivity contribution in [3.8, 4) is 0 Å². The molecule has 0 spiro atoms. The van der Waals surface area contributed by atoms with E-state index in [2.05, 4.69) is 0 Å². The second kappa shape index (κ2) is 4.41. The van der Waals surface area contributed by atoms with Gasteiger partial charge in [-0.05, 0) is 12.1 Å². The molecule has 5 heteroatoms. The summed E-state index contributed by atoms with van der Waals surface area (Å²) in [7, 11) is 2.81. The van der Waals surface area contributed by atoms with Gasteiger partial charge in [-0.3, -0.25) is 0 Å². The Bertz CT molecular complexity index is 598. The van der Waals surface area contributed by atoms with E-state index in [4.69, 9.17) is 14.2 Å². The molecular weight excluding hydrogens is 224 g/mol. The van der Waals surface area contributed by atoms with Crippen LogP contribution in [-0.2, 0) is 19.0 Å². The van der Waals surface area contributed by atoms with Gasteiger partial charge in [0.25, 0.3) is 6.29 Å². The van der Waals surface area contributed by atoms with Gasteiger partial charge >= 0.3 is 5.97 Å². The summed E-state index contributed by atoms with van der Waals surface area (Å²) in [6, 6.07) is 4.69. The van der Waals surface area contributed by atoms with Gasteiger partial charge in [0.15, 0.2) is 5.76 Å². The van der Waals surface area contributed by atoms with Crippen LogP contribution in [0.3, 0.4) is 0 Å². The zero-order valence-corrected chi connectivity index (χ0v) is 9.35. The normalized spacial score (nSPS) is 18.1. The second-order valence-electron chi connectivity index (χ2n) is 3.37. The Balaban J connectivity index is 2.94. The summed E-state index contributed by atoms with van der Waals surface area (Å²) in [5, 5.41) is 0.631. The number of carbonyl (C=O) groups excluding carboxylic acids is 2. The predicted molar refractivity (Wildman–Crippen MR) is 57.1 cm³/mol. The van der Waals surface area contributed by atoms with E-state index in [1.165, 1.54) is 14.2 Å². The van der Waals surface area contributed by atoms with Crippen molar-refractivity contribution in [2.75, 3.05) is 14.2 Å². The quantitative estimate of drug-likeness (QED) is 0.620. The molecule has 0 fully saturated rings. The van der Waals surface area contributed by atoms with E-state index in [9.17, 15) is 9.59 Å². The maximum Gasteiger partial charge on any atom is 0.341 e. The van der Waals surface area contributed by atoms with Crippen molar-refractivity contribution in [2.24, 2.45) is 0 Å². The molecule has 0 amide bonds. The molecule has 1 unspecified atom stereocenters. The number of hydrogen-bond donors (Lipinski definition) is 0. The van der Waals surface area contributed by atoms with E-state index in [0.717, 1.165) is 0 Å². The Morgan fingerprint density at radius 1 is 1.35 bits per heavy atom. The molecule has 0 saturated carbocycles. The standard InChI is InChI=1S/C12H10O5/c1-15-10-9-7(6-13)4-3-5-8(9)11(14)17-12(10)16-2/h3-5,12H,1-2H3. The molecule has 5 nitrogen and oxygen atoms in total. The van der Waals surface area contributed by atoms with Gasteiger partial charge < -0.3 is 14.2 Å². The average Bonchev–Trinajstić information content (AvgIpc) is 2.37. The Kier molecular flexibility index (Phi) is 2.95. The van der Waals surface area contributed by atoms with Crippen LogP contribution in [0.15, 0.2) is 18.2 Å². The lowest BCUT2D eigenvalue weighted by molar-refractivity contribution is -0.0714. The number of rotatable bonds is 2. The number of esters is 1. The first-order chi connectivity index (χ1) is 8.22. The first-order valence-electron chi connectivity index (χ1n) is 4.89. The van der Waals surface area contributed by atoms with Crippen molar-refractivity contribution in [1.29, 1.82) is 0 Å². The Morgan fingerprint density at radius 2 is 2.12 bits per heavy atom. The highest BCUT2D eigenvalue weighted by atomic mass is 16.7. The second-order valence-corrected chi connectivity index (χ2v) is 3.37. The molecule has 0 radical (unpaired) electrons. The highest BCUT2D eigenvalue weighted by molar-refractivity contribution is 5.92. The van der Waals surface area contributed by atoms with Crippen LogP contribution in [0.25, 0.3) is 5.76 Å². The molecule has 0 N–H and O–H groups in total. The highest BCUT2D eigenvalue weighted by Gasteiger charge is 2.29. The lowest BCUT2D eigenvalue weighted by Crippen LogP contribution is -2.43. The number of benzene rings is 1. The third kappa shape index (κ3) is 1.71. The Labute approximate surface area is 96.9 Å². The molecule has 17 heavy (non-hydrogen) atoms. The van der Waals surface area contributed by atoms with Crippen LogP contribution >= 0.6 is 0 Å². The first-order valence-corrected chi connectivity index (χ1v) is 4.89. The molecule has 1 aliphatic heterocycles. The molecular formula is C12H10O5. The summed E-state index contributed by atoms with van der Waals surface area (Å²) >= 11 is 0. The summed E-state index contributed by atoms with van der Waals surface area (Å²) in [6.45, 7) is 0. The molecule has 1 aromatic carbocycles. The van der Waals surface area contributed by atoms with Crippen LogP contribution in [0.1, 0.15) is 10.4 Å². The SMILES string of the molecule is COC1=c2c(cccc2=C=O)C(=O)OC1OC. The van der Waals surface area contributed by atoms with Crippen molar-refractivity contribution in [2.45, 2.75) is 6.29 Å². The molecule has 1 aromatic rings. The smallest absolute Gasteiger partial charge is 0.341 e. The van der Waals surface area contributed by atoms with Crippen molar-refractivity contribution in [3.05, 3.63) is 34.2 Å². The van der Waals surface area contributed by atoms with Crippen LogP contribution in [-0.4, -0.2) is 32.4 Å². The van der Waals surface area contributed by atoms with Crippen molar-refractivity contribution < 1.29 is 23.8 Å². The molecule has 88 valence electrons. The zero-order valence-electron chi connectivity index (χ0n) is 9.35. The number of carbonyl (C=O) groups is 1. The maximum absolute atomic E-state index is 11.7. The van der Waals surface area contributed by atoms with E-state index < -0.39 is 12.3 Å². The molecule has 0 aliphatic carbocycles. The molecule has 0 saturated heterocycles. The lowest BCUT2D eigenvalue weighted by atomic mass is 10.1. The summed E-state index contributed by atoms with van der Waals surface area (Å²) < 4.78 is 15.1. The van der Waals surface area contributed by atoms with E-state index in [1.54, 1.807) is 24.1 Å². The number of cyclic esters (lactones) is 1. The van der Waals surface area contributed by atoms with Gasteiger partial charge in [0.05, 0.1) is 23.1 Å².